The summed E-state index contributed by atoms with van der Waals surface area (Å²) in [7, 11) is 0. The lowest BCUT2D eigenvalue weighted by molar-refractivity contribution is -0.115. The molecule has 0 aliphatic rings. The Bertz CT molecular complexity index is 504. The first-order chi connectivity index (χ1) is 9.61. The van der Waals surface area contributed by atoms with Crippen LogP contribution in [0.15, 0.2) is 26.4 Å². The van der Waals surface area contributed by atoms with Crippen LogP contribution in [-0.2, 0) is 16.0 Å². The van der Waals surface area contributed by atoms with Crippen molar-refractivity contribution in [2.75, 3.05) is 6.61 Å². The molecular formula is C12H16N2O6. The molecule has 0 atom stereocenters. The molecule has 8 nitrogen and oxygen atoms in total. The Labute approximate surface area is 114 Å². The number of aryl methyl sites for hydroxylation is 1. The maximum Gasteiger partial charge on any atom is 0.542 e. The lowest BCUT2D eigenvalue weighted by Gasteiger charge is -2.04. The number of hydrogen-bond donors (Lipinski definition) is 1. The molecule has 1 rings (SSSR count). The summed E-state index contributed by atoms with van der Waals surface area (Å²) in [5.41, 5.74) is 0. The van der Waals surface area contributed by atoms with Crippen LogP contribution in [0.3, 0.4) is 0 Å². The first kappa shape index (κ1) is 15.7. The fraction of sp³-hybridized carbons (Fsp3) is 0.500. The topological polar surface area (TPSA) is 112 Å². The molecule has 0 aliphatic carbocycles. The minimum atomic E-state index is -0.798. The number of hydrogen-bond acceptors (Lipinski definition) is 7. The Morgan fingerprint density at radius 1 is 1.30 bits per heavy atom. The van der Waals surface area contributed by atoms with Crippen LogP contribution in [0.1, 0.15) is 31.6 Å². The van der Waals surface area contributed by atoms with Gasteiger partial charge in [0.1, 0.15) is 0 Å². The molecule has 0 saturated heterocycles. The number of aromatic nitrogens is 1. The largest absolute Gasteiger partial charge is 0.542 e. The number of amides is 2. The maximum atomic E-state index is 11.0. The molecule has 1 heterocycles. The molecule has 1 N–H and O–H groups in total. The Morgan fingerprint density at radius 3 is 2.70 bits per heavy atom. The van der Waals surface area contributed by atoms with Gasteiger partial charge in [0, 0.05) is 6.42 Å². The maximum absolute atomic E-state index is 11.0. The zero-order chi connectivity index (χ0) is 14.8. The van der Waals surface area contributed by atoms with E-state index in [2.05, 4.69) is 20.7 Å². The smallest absolute Gasteiger partial charge is 0.449 e. The van der Waals surface area contributed by atoms with Crippen molar-refractivity contribution in [1.29, 1.82) is 0 Å². The molecule has 0 fully saturated rings. The number of rotatable bonds is 8. The summed E-state index contributed by atoms with van der Waals surface area (Å²) in [4.78, 5) is 32.3. The molecule has 1 aromatic heterocycles. The van der Waals surface area contributed by atoms with Crippen molar-refractivity contribution in [3.63, 3.8) is 0 Å². The highest BCUT2D eigenvalue weighted by atomic mass is 16.6. The average Bonchev–Trinajstić information content (AvgIpc) is 2.83. The van der Waals surface area contributed by atoms with E-state index in [4.69, 9.17) is 4.74 Å². The second-order valence-corrected chi connectivity index (χ2v) is 3.92. The molecule has 0 saturated carbocycles. The molecule has 0 aliphatic heterocycles. The first-order valence-electron chi connectivity index (χ1n) is 6.17. The van der Waals surface area contributed by atoms with E-state index in [1.54, 1.807) is 0 Å². The van der Waals surface area contributed by atoms with Crippen LogP contribution in [0, 0.1) is 0 Å². The number of alkyl carbamates (subject to hydrolysis) is 1. The molecule has 2 amide bonds. The lowest BCUT2D eigenvalue weighted by Crippen LogP contribution is -2.29. The molecule has 20 heavy (non-hydrogen) atoms. The summed E-state index contributed by atoms with van der Waals surface area (Å²) in [5.74, 6) is -1.11. The highest BCUT2D eigenvalue weighted by Crippen LogP contribution is 2.04. The van der Waals surface area contributed by atoms with Gasteiger partial charge < -0.3 is 9.15 Å². The number of nitrogens with one attached hydrogen (secondary N) is 1. The van der Waals surface area contributed by atoms with Gasteiger partial charge in [-0.05, 0) is 24.1 Å². The normalized spacial score (nSPS) is 10.0. The zero-order valence-corrected chi connectivity index (χ0v) is 10.9. The molecule has 0 spiro atoms. The van der Waals surface area contributed by atoms with E-state index in [0.717, 1.165) is 25.3 Å². The Hall–Kier alpha value is -2.38. The van der Waals surface area contributed by atoms with Crippen molar-refractivity contribution < 1.29 is 23.3 Å². The van der Waals surface area contributed by atoms with Gasteiger partial charge in [-0.1, -0.05) is 19.4 Å². The minimum Gasteiger partial charge on any atom is -0.449 e. The van der Waals surface area contributed by atoms with Crippen molar-refractivity contribution in [2.24, 2.45) is 0 Å². The number of carbonyl (C=O) groups excluding carboxylic acids is 2. The fourth-order valence-electron chi connectivity index (χ4n) is 1.40. The Kier molecular flexibility index (Phi) is 6.80. The summed E-state index contributed by atoms with van der Waals surface area (Å²) in [6, 6.07) is 0. The van der Waals surface area contributed by atoms with Crippen molar-refractivity contribution >= 4 is 12.0 Å². The van der Waals surface area contributed by atoms with Gasteiger partial charge in [0.25, 0.3) is 5.91 Å². The zero-order valence-electron chi connectivity index (χ0n) is 10.9. The number of ether oxygens (including phenoxy) is 1. The SMILES string of the molecule is C=CC(=O)NC(=O)OCCCCCCc1noc(=O)o1. The minimum absolute atomic E-state index is 0.231. The van der Waals surface area contributed by atoms with Crippen molar-refractivity contribution in [1.82, 2.24) is 10.5 Å². The van der Waals surface area contributed by atoms with Gasteiger partial charge in [-0.15, -0.1) is 0 Å². The van der Waals surface area contributed by atoms with Crippen LogP contribution in [0.4, 0.5) is 4.79 Å². The predicted octanol–water partition coefficient (Wildman–Crippen LogP) is 1.17. The second kappa shape index (κ2) is 8.68. The van der Waals surface area contributed by atoms with E-state index < -0.39 is 17.8 Å². The monoisotopic (exact) mass is 284 g/mol. The standard InChI is InChI=1S/C12H16N2O6/c1-2-9(15)13-11(16)18-8-6-4-3-5-7-10-14-20-12(17)19-10/h2H,1,3-8H2,(H,13,15,16). The first-order valence-corrected chi connectivity index (χ1v) is 6.17. The number of imide groups is 1. The molecular weight excluding hydrogens is 268 g/mol. The third-order valence-electron chi connectivity index (χ3n) is 2.35. The summed E-state index contributed by atoms with van der Waals surface area (Å²) in [6.07, 6.45) is 3.91. The Balaban J connectivity index is 1.97. The molecule has 0 aromatic carbocycles. The van der Waals surface area contributed by atoms with Crippen LogP contribution in [0.5, 0.6) is 0 Å². The van der Waals surface area contributed by atoms with E-state index in [9.17, 15) is 14.4 Å². The van der Waals surface area contributed by atoms with E-state index in [-0.39, 0.29) is 12.5 Å². The summed E-state index contributed by atoms with van der Waals surface area (Å²) in [6.45, 7) is 3.44. The van der Waals surface area contributed by atoms with E-state index in [0.29, 0.717) is 12.8 Å². The van der Waals surface area contributed by atoms with Crippen LogP contribution in [0.25, 0.3) is 0 Å². The third kappa shape index (κ3) is 6.53. The number of carbonyl (C=O) groups is 2. The third-order valence-corrected chi connectivity index (χ3v) is 2.35. The Morgan fingerprint density at radius 2 is 2.05 bits per heavy atom. The molecule has 1 aromatic rings. The average molecular weight is 284 g/mol. The number of nitrogens with zero attached hydrogens (tertiary/aromatic N) is 1. The van der Waals surface area contributed by atoms with Crippen LogP contribution in [0.2, 0.25) is 0 Å². The highest BCUT2D eigenvalue weighted by molar-refractivity contribution is 5.98. The van der Waals surface area contributed by atoms with Gasteiger partial charge >= 0.3 is 11.9 Å². The van der Waals surface area contributed by atoms with Gasteiger partial charge in [0.2, 0.25) is 5.89 Å². The highest BCUT2D eigenvalue weighted by Gasteiger charge is 2.05. The van der Waals surface area contributed by atoms with Gasteiger partial charge in [0.05, 0.1) is 6.61 Å². The van der Waals surface area contributed by atoms with Crippen molar-refractivity contribution in [3.8, 4) is 0 Å². The molecule has 8 heteroatoms. The van der Waals surface area contributed by atoms with Crippen LogP contribution < -0.4 is 11.1 Å². The quantitative estimate of drug-likeness (QED) is 0.563. The molecule has 0 bridgehead atoms. The van der Waals surface area contributed by atoms with Gasteiger partial charge in [0.15, 0.2) is 0 Å². The summed E-state index contributed by atoms with van der Waals surface area (Å²) < 4.78 is 13.7. The lowest BCUT2D eigenvalue weighted by atomic mass is 10.1. The summed E-state index contributed by atoms with van der Waals surface area (Å²) in [5, 5.41) is 5.41. The summed E-state index contributed by atoms with van der Waals surface area (Å²) >= 11 is 0. The van der Waals surface area contributed by atoms with E-state index >= 15 is 0 Å². The van der Waals surface area contributed by atoms with Crippen molar-refractivity contribution in [2.45, 2.75) is 32.1 Å². The molecule has 0 unspecified atom stereocenters. The number of unbranched alkanes of at least 4 members (excludes halogenated alkanes) is 3. The van der Waals surface area contributed by atoms with Gasteiger partial charge in [-0.2, -0.15) is 0 Å². The van der Waals surface area contributed by atoms with Gasteiger partial charge in [-0.25, -0.2) is 9.59 Å². The van der Waals surface area contributed by atoms with E-state index in [1.165, 1.54) is 0 Å². The molecule has 110 valence electrons. The van der Waals surface area contributed by atoms with E-state index in [1.807, 2.05) is 5.32 Å². The van der Waals surface area contributed by atoms with Crippen LogP contribution >= 0.6 is 0 Å². The molecule has 0 radical (unpaired) electrons. The van der Waals surface area contributed by atoms with Crippen molar-refractivity contribution in [3.05, 3.63) is 29.2 Å². The fourth-order valence-corrected chi connectivity index (χ4v) is 1.40. The second-order valence-electron chi connectivity index (χ2n) is 3.92. The predicted molar refractivity (Wildman–Crippen MR) is 66.9 cm³/mol. The van der Waals surface area contributed by atoms with Crippen LogP contribution in [-0.4, -0.2) is 23.8 Å². The van der Waals surface area contributed by atoms with Gasteiger partial charge in [-0.3, -0.25) is 14.6 Å².